The maximum absolute atomic E-state index is 6.15. The van der Waals surface area contributed by atoms with E-state index in [0.29, 0.717) is 10.0 Å². The standard InChI is InChI=1S/C11H13Cl2N/c12-9-5-4-6-10(11(9)13)14-7-2-1-3-8-14/h4-6H,1-3,7-8H2. The molecule has 1 aliphatic rings. The van der Waals surface area contributed by atoms with Crippen molar-refractivity contribution < 1.29 is 0 Å². The van der Waals surface area contributed by atoms with E-state index in [1.54, 1.807) is 0 Å². The molecule has 1 heterocycles. The van der Waals surface area contributed by atoms with Gasteiger partial charge in [0.2, 0.25) is 0 Å². The van der Waals surface area contributed by atoms with E-state index in [4.69, 9.17) is 23.2 Å². The Morgan fingerprint density at radius 3 is 2.43 bits per heavy atom. The lowest BCUT2D eigenvalue weighted by molar-refractivity contribution is 0.578. The van der Waals surface area contributed by atoms with Gasteiger partial charge in [0, 0.05) is 13.1 Å². The first kappa shape index (κ1) is 10.1. The molecule has 0 N–H and O–H groups in total. The third kappa shape index (κ3) is 1.99. The molecule has 0 bridgehead atoms. The number of anilines is 1. The fourth-order valence-corrected chi connectivity index (χ4v) is 2.29. The maximum atomic E-state index is 6.15. The third-order valence-corrected chi connectivity index (χ3v) is 3.44. The number of hydrogen-bond acceptors (Lipinski definition) is 1. The van der Waals surface area contributed by atoms with Crippen molar-refractivity contribution in [2.24, 2.45) is 0 Å². The molecule has 1 aromatic carbocycles. The molecular weight excluding hydrogens is 217 g/mol. The Morgan fingerprint density at radius 1 is 1.00 bits per heavy atom. The summed E-state index contributed by atoms with van der Waals surface area (Å²) >= 11 is 12.1. The Bertz CT molecular complexity index is 319. The summed E-state index contributed by atoms with van der Waals surface area (Å²) < 4.78 is 0. The van der Waals surface area contributed by atoms with Crippen molar-refractivity contribution in [3.63, 3.8) is 0 Å². The maximum Gasteiger partial charge on any atom is 0.0825 e. The van der Waals surface area contributed by atoms with Crippen LogP contribution >= 0.6 is 23.2 Å². The molecule has 1 aliphatic heterocycles. The minimum Gasteiger partial charge on any atom is -0.370 e. The van der Waals surface area contributed by atoms with E-state index in [-0.39, 0.29) is 0 Å². The van der Waals surface area contributed by atoms with Crippen LogP contribution in [0.2, 0.25) is 10.0 Å². The Morgan fingerprint density at radius 2 is 1.71 bits per heavy atom. The van der Waals surface area contributed by atoms with E-state index < -0.39 is 0 Å². The van der Waals surface area contributed by atoms with Gasteiger partial charge in [0.25, 0.3) is 0 Å². The van der Waals surface area contributed by atoms with Crippen LogP contribution in [0.5, 0.6) is 0 Å². The quantitative estimate of drug-likeness (QED) is 0.705. The van der Waals surface area contributed by atoms with Crippen molar-refractivity contribution in [3.8, 4) is 0 Å². The normalized spacial score (nSPS) is 17.1. The Kier molecular flexibility index (Phi) is 3.19. The van der Waals surface area contributed by atoms with Crippen molar-refractivity contribution in [2.75, 3.05) is 18.0 Å². The molecule has 0 spiro atoms. The molecule has 0 amide bonds. The van der Waals surface area contributed by atoms with Crippen LogP contribution in [0.3, 0.4) is 0 Å². The van der Waals surface area contributed by atoms with Crippen LogP contribution in [0.4, 0.5) is 5.69 Å². The Hall–Kier alpha value is -0.400. The second-order valence-corrected chi connectivity index (χ2v) is 4.41. The van der Waals surface area contributed by atoms with Gasteiger partial charge in [-0.15, -0.1) is 0 Å². The van der Waals surface area contributed by atoms with Crippen LogP contribution in [0, 0.1) is 0 Å². The molecule has 1 nitrogen and oxygen atoms in total. The van der Waals surface area contributed by atoms with E-state index in [2.05, 4.69) is 4.90 Å². The predicted octanol–water partition coefficient (Wildman–Crippen LogP) is 3.98. The average Bonchev–Trinajstić information content (AvgIpc) is 2.23. The van der Waals surface area contributed by atoms with Gasteiger partial charge < -0.3 is 4.90 Å². The fraction of sp³-hybridized carbons (Fsp3) is 0.455. The predicted molar refractivity (Wildman–Crippen MR) is 62.5 cm³/mol. The van der Waals surface area contributed by atoms with Gasteiger partial charge in [-0.05, 0) is 31.4 Å². The van der Waals surface area contributed by atoms with Gasteiger partial charge in [-0.2, -0.15) is 0 Å². The summed E-state index contributed by atoms with van der Waals surface area (Å²) in [6, 6.07) is 5.83. The molecule has 0 radical (unpaired) electrons. The first-order valence-electron chi connectivity index (χ1n) is 4.98. The minimum absolute atomic E-state index is 0.648. The number of nitrogens with zero attached hydrogens (tertiary/aromatic N) is 1. The molecule has 0 saturated carbocycles. The zero-order chi connectivity index (χ0) is 9.97. The van der Waals surface area contributed by atoms with Crippen molar-refractivity contribution in [3.05, 3.63) is 28.2 Å². The zero-order valence-electron chi connectivity index (χ0n) is 7.97. The summed E-state index contributed by atoms with van der Waals surface area (Å²) in [5.74, 6) is 0. The van der Waals surface area contributed by atoms with Crippen LogP contribution < -0.4 is 4.90 Å². The molecule has 0 aromatic heterocycles. The number of halogens is 2. The molecule has 2 rings (SSSR count). The van der Waals surface area contributed by atoms with E-state index >= 15 is 0 Å². The number of benzene rings is 1. The fourth-order valence-electron chi connectivity index (χ4n) is 1.87. The highest BCUT2D eigenvalue weighted by Crippen LogP contribution is 2.33. The number of hydrogen-bond donors (Lipinski definition) is 0. The molecule has 1 saturated heterocycles. The smallest absolute Gasteiger partial charge is 0.0825 e. The molecule has 14 heavy (non-hydrogen) atoms. The van der Waals surface area contributed by atoms with Crippen LogP contribution in [0.25, 0.3) is 0 Å². The minimum atomic E-state index is 0.648. The second-order valence-electron chi connectivity index (χ2n) is 3.62. The van der Waals surface area contributed by atoms with Gasteiger partial charge in [0.15, 0.2) is 0 Å². The average molecular weight is 230 g/mol. The lowest BCUT2D eigenvalue weighted by atomic mass is 10.1. The first-order chi connectivity index (χ1) is 6.79. The lowest BCUT2D eigenvalue weighted by Gasteiger charge is -2.29. The second kappa shape index (κ2) is 4.41. The molecule has 3 heteroatoms. The summed E-state index contributed by atoms with van der Waals surface area (Å²) in [5, 5.41) is 1.34. The molecular formula is C11H13Cl2N. The van der Waals surface area contributed by atoms with Crippen LogP contribution in [0.15, 0.2) is 18.2 Å². The largest absolute Gasteiger partial charge is 0.370 e. The highest BCUT2D eigenvalue weighted by molar-refractivity contribution is 6.43. The summed E-state index contributed by atoms with van der Waals surface area (Å²) in [6.45, 7) is 2.19. The summed E-state index contributed by atoms with van der Waals surface area (Å²) in [7, 11) is 0. The first-order valence-corrected chi connectivity index (χ1v) is 5.73. The SMILES string of the molecule is Clc1cccc(N2CCCCC2)c1Cl. The van der Waals surface area contributed by atoms with Crippen LogP contribution in [0.1, 0.15) is 19.3 Å². The van der Waals surface area contributed by atoms with Gasteiger partial charge in [-0.25, -0.2) is 0 Å². The molecule has 76 valence electrons. The summed E-state index contributed by atoms with van der Waals surface area (Å²) in [4.78, 5) is 2.32. The van der Waals surface area contributed by atoms with E-state index in [1.165, 1.54) is 19.3 Å². The van der Waals surface area contributed by atoms with Gasteiger partial charge in [0.05, 0.1) is 15.7 Å². The van der Waals surface area contributed by atoms with Gasteiger partial charge >= 0.3 is 0 Å². The van der Waals surface area contributed by atoms with Crippen molar-refractivity contribution in [1.29, 1.82) is 0 Å². The topological polar surface area (TPSA) is 3.24 Å². The summed E-state index contributed by atoms with van der Waals surface area (Å²) in [5.41, 5.74) is 1.08. The Labute approximate surface area is 94.6 Å². The van der Waals surface area contributed by atoms with Gasteiger partial charge in [-0.3, -0.25) is 0 Å². The lowest BCUT2D eigenvalue weighted by Crippen LogP contribution is -2.29. The number of piperidine rings is 1. The third-order valence-electron chi connectivity index (χ3n) is 2.63. The monoisotopic (exact) mass is 229 g/mol. The molecule has 0 aliphatic carbocycles. The van der Waals surface area contributed by atoms with Crippen molar-refractivity contribution in [2.45, 2.75) is 19.3 Å². The molecule has 0 atom stereocenters. The van der Waals surface area contributed by atoms with Crippen molar-refractivity contribution >= 4 is 28.9 Å². The van der Waals surface area contributed by atoms with Crippen LogP contribution in [-0.4, -0.2) is 13.1 Å². The zero-order valence-corrected chi connectivity index (χ0v) is 9.48. The Balaban J connectivity index is 2.26. The molecule has 1 aromatic rings. The van der Waals surface area contributed by atoms with E-state index in [0.717, 1.165) is 18.8 Å². The molecule has 1 fully saturated rings. The van der Waals surface area contributed by atoms with Gasteiger partial charge in [0.1, 0.15) is 0 Å². The van der Waals surface area contributed by atoms with Gasteiger partial charge in [-0.1, -0.05) is 29.3 Å². The highest BCUT2D eigenvalue weighted by atomic mass is 35.5. The van der Waals surface area contributed by atoms with Crippen molar-refractivity contribution in [1.82, 2.24) is 0 Å². The van der Waals surface area contributed by atoms with E-state index in [1.807, 2.05) is 18.2 Å². The number of rotatable bonds is 1. The summed E-state index contributed by atoms with van der Waals surface area (Å²) in [6.07, 6.45) is 3.83. The van der Waals surface area contributed by atoms with E-state index in [9.17, 15) is 0 Å². The molecule has 0 unspecified atom stereocenters. The highest BCUT2D eigenvalue weighted by Gasteiger charge is 2.14. The van der Waals surface area contributed by atoms with Crippen LogP contribution in [-0.2, 0) is 0 Å².